The Kier molecular flexibility index (Phi) is 5.40. The van der Waals surface area contributed by atoms with Gasteiger partial charge in [-0.1, -0.05) is 18.2 Å². The van der Waals surface area contributed by atoms with E-state index in [9.17, 15) is 4.79 Å². The Balaban J connectivity index is 1.61. The molecule has 0 saturated carbocycles. The van der Waals surface area contributed by atoms with E-state index in [1.807, 2.05) is 51.7 Å². The molecule has 146 valence electrons. The van der Waals surface area contributed by atoms with Crippen LogP contribution in [0.5, 0.6) is 0 Å². The summed E-state index contributed by atoms with van der Waals surface area (Å²) in [6.45, 7) is 2.42. The van der Waals surface area contributed by atoms with Crippen LogP contribution in [0.4, 0.5) is 0 Å². The number of hydrogen-bond acceptors (Lipinski definition) is 5. The Morgan fingerprint density at radius 1 is 1.25 bits per heavy atom. The molecular formula is C20H23N4O3S+. The lowest BCUT2D eigenvalue weighted by Gasteiger charge is -2.27. The smallest absolute Gasteiger partial charge is 0.309 e. The molecule has 1 fully saturated rings. The third-order valence-corrected chi connectivity index (χ3v) is 5.59. The summed E-state index contributed by atoms with van der Waals surface area (Å²) < 4.78 is 14.9. The average Bonchev–Trinajstić information content (AvgIpc) is 3.37. The van der Waals surface area contributed by atoms with Crippen molar-refractivity contribution in [1.82, 2.24) is 14.3 Å². The number of carbonyl (C=O) groups is 1. The molecule has 0 amide bonds. The van der Waals surface area contributed by atoms with Crippen LogP contribution >= 0.6 is 12.2 Å². The monoisotopic (exact) mass is 399 g/mol. The maximum atomic E-state index is 11.7. The van der Waals surface area contributed by atoms with Gasteiger partial charge < -0.3 is 14.1 Å². The number of esters is 1. The SMILES string of the molecule is COC(=O)C1CC[NH+](Cn2nc(-c3ccco3)n(-c3ccccc3)c2=S)CC1. The summed E-state index contributed by atoms with van der Waals surface area (Å²) in [5.74, 6) is 1.25. The Morgan fingerprint density at radius 2 is 2.00 bits per heavy atom. The Morgan fingerprint density at radius 3 is 2.64 bits per heavy atom. The van der Waals surface area contributed by atoms with Crippen molar-refractivity contribution in [3.05, 3.63) is 53.5 Å². The van der Waals surface area contributed by atoms with Crippen LogP contribution in [0.3, 0.4) is 0 Å². The highest BCUT2D eigenvalue weighted by atomic mass is 32.1. The van der Waals surface area contributed by atoms with Crippen molar-refractivity contribution in [2.45, 2.75) is 19.5 Å². The number of methoxy groups -OCH3 is 1. The predicted molar refractivity (Wildman–Crippen MR) is 106 cm³/mol. The minimum atomic E-state index is -0.107. The van der Waals surface area contributed by atoms with E-state index in [4.69, 9.17) is 26.5 Å². The Bertz CT molecular complexity index is 986. The van der Waals surface area contributed by atoms with Gasteiger partial charge in [-0.3, -0.25) is 9.36 Å². The summed E-state index contributed by atoms with van der Waals surface area (Å²) >= 11 is 5.76. The van der Waals surface area contributed by atoms with E-state index in [0.29, 0.717) is 23.0 Å². The van der Waals surface area contributed by atoms with Crippen LogP contribution < -0.4 is 4.90 Å². The van der Waals surface area contributed by atoms with Gasteiger partial charge in [0.15, 0.2) is 12.4 Å². The lowest BCUT2D eigenvalue weighted by atomic mass is 9.97. The zero-order valence-electron chi connectivity index (χ0n) is 15.7. The highest BCUT2D eigenvalue weighted by Gasteiger charge is 2.29. The van der Waals surface area contributed by atoms with Gasteiger partial charge >= 0.3 is 5.97 Å². The van der Waals surface area contributed by atoms with E-state index < -0.39 is 0 Å². The number of quaternary nitrogens is 1. The van der Waals surface area contributed by atoms with E-state index in [0.717, 1.165) is 31.6 Å². The fourth-order valence-corrected chi connectivity index (χ4v) is 3.98. The normalized spacial score (nSPS) is 19.5. The topological polar surface area (TPSA) is 66.6 Å². The van der Waals surface area contributed by atoms with Gasteiger partial charge in [0.25, 0.3) is 0 Å². The van der Waals surface area contributed by atoms with E-state index in [1.54, 1.807) is 6.26 Å². The first-order chi connectivity index (χ1) is 13.7. The van der Waals surface area contributed by atoms with Gasteiger partial charge in [0, 0.05) is 12.8 Å². The summed E-state index contributed by atoms with van der Waals surface area (Å²) in [5, 5.41) is 4.76. The number of furan rings is 1. The molecule has 8 heteroatoms. The molecule has 3 aromatic rings. The molecule has 1 N–H and O–H groups in total. The van der Waals surface area contributed by atoms with Crippen molar-refractivity contribution in [2.24, 2.45) is 5.92 Å². The van der Waals surface area contributed by atoms with Crippen molar-refractivity contribution < 1.29 is 18.8 Å². The summed E-state index contributed by atoms with van der Waals surface area (Å²) in [6.07, 6.45) is 3.27. The number of aromatic nitrogens is 3. The summed E-state index contributed by atoms with van der Waals surface area (Å²) in [7, 11) is 1.45. The zero-order chi connectivity index (χ0) is 19.5. The van der Waals surface area contributed by atoms with Crippen LogP contribution in [-0.2, 0) is 16.2 Å². The predicted octanol–water partition coefficient (Wildman–Crippen LogP) is 2.09. The molecule has 0 aliphatic carbocycles. The van der Waals surface area contributed by atoms with Gasteiger partial charge in [0.2, 0.25) is 10.6 Å². The van der Waals surface area contributed by atoms with Crippen LogP contribution in [0.15, 0.2) is 53.1 Å². The second-order valence-corrected chi connectivity index (χ2v) is 7.32. The van der Waals surface area contributed by atoms with Gasteiger partial charge in [-0.25, -0.2) is 0 Å². The number of ether oxygens (including phenoxy) is 1. The molecule has 3 heterocycles. The largest absolute Gasteiger partial charge is 0.469 e. The molecule has 1 saturated heterocycles. The molecule has 1 aromatic carbocycles. The first kappa shape index (κ1) is 18.6. The zero-order valence-corrected chi connectivity index (χ0v) is 16.5. The van der Waals surface area contributed by atoms with Crippen LogP contribution in [0.25, 0.3) is 17.3 Å². The highest BCUT2D eigenvalue weighted by molar-refractivity contribution is 7.71. The highest BCUT2D eigenvalue weighted by Crippen LogP contribution is 2.22. The van der Waals surface area contributed by atoms with Gasteiger partial charge in [0.05, 0.1) is 38.1 Å². The fourth-order valence-electron chi connectivity index (χ4n) is 3.68. The molecule has 4 rings (SSSR count). The van der Waals surface area contributed by atoms with Gasteiger partial charge in [0.1, 0.15) is 0 Å². The first-order valence-corrected chi connectivity index (χ1v) is 9.78. The van der Waals surface area contributed by atoms with Crippen LogP contribution in [-0.4, -0.2) is 40.5 Å². The number of nitrogens with zero attached hydrogens (tertiary/aromatic N) is 3. The van der Waals surface area contributed by atoms with Crippen LogP contribution in [0, 0.1) is 10.7 Å². The van der Waals surface area contributed by atoms with E-state index >= 15 is 0 Å². The molecule has 7 nitrogen and oxygen atoms in total. The van der Waals surface area contributed by atoms with E-state index in [2.05, 4.69) is 0 Å². The number of likely N-dealkylation sites (tertiary alicyclic amines) is 1. The molecular weight excluding hydrogens is 376 g/mol. The molecule has 0 radical (unpaired) electrons. The third-order valence-electron chi connectivity index (χ3n) is 5.20. The summed E-state index contributed by atoms with van der Waals surface area (Å²) in [4.78, 5) is 13.1. The molecule has 1 aliphatic rings. The molecule has 28 heavy (non-hydrogen) atoms. The van der Waals surface area contributed by atoms with Crippen LogP contribution in [0.1, 0.15) is 12.8 Å². The minimum Gasteiger partial charge on any atom is -0.469 e. The Hall–Kier alpha value is -2.71. The quantitative estimate of drug-likeness (QED) is 0.526. The standard InChI is InChI=1S/C20H22N4O3S/c1-26-19(25)15-9-11-22(12-10-15)14-23-20(28)24(16-6-3-2-4-7-16)18(21-23)17-8-5-13-27-17/h2-8,13,15H,9-12,14H2,1H3/p+1. The molecule has 1 aliphatic heterocycles. The van der Waals surface area contributed by atoms with E-state index in [1.165, 1.54) is 12.0 Å². The van der Waals surface area contributed by atoms with Crippen molar-refractivity contribution in [3.8, 4) is 17.3 Å². The second kappa shape index (κ2) is 8.12. The first-order valence-electron chi connectivity index (χ1n) is 9.38. The van der Waals surface area contributed by atoms with Crippen molar-refractivity contribution in [1.29, 1.82) is 0 Å². The number of para-hydroxylation sites is 1. The third kappa shape index (κ3) is 3.65. The molecule has 2 aromatic heterocycles. The fraction of sp³-hybridized carbons (Fsp3) is 0.350. The van der Waals surface area contributed by atoms with Gasteiger partial charge in [-0.05, 0) is 36.5 Å². The molecule has 0 bridgehead atoms. The number of piperidine rings is 1. The maximum Gasteiger partial charge on any atom is 0.309 e. The molecule has 0 unspecified atom stereocenters. The van der Waals surface area contributed by atoms with Gasteiger partial charge in [-0.15, -0.1) is 5.10 Å². The lowest BCUT2D eigenvalue weighted by molar-refractivity contribution is -0.929. The number of nitrogens with one attached hydrogen (secondary N) is 1. The minimum absolute atomic E-state index is 0.00211. The molecule has 0 atom stereocenters. The number of rotatable bonds is 5. The number of carbonyl (C=O) groups excluding carboxylic acids is 1. The van der Waals surface area contributed by atoms with Crippen molar-refractivity contribution >= 4 is 18.2 Å². The van der Waals surface area contributed by atoms with Gasteiger partial charge in [-0.2, -0.15) is 4.68 Å². The van der Waals surface area contributed by atoms with Crippen molar-refractivity contribution in [2.75, 3.05) is 20.2 Å². The van der Waals surface area contributed by atoms with Crippen molar-refractivity contribution in [3.63, 3.8) is 0 Å². The number of benzene rings is 1. The number of hydrogen-bond donors (Lipinski definition) is 1. The average molecular weight is 399 g/mol. The second-order valence-electron chi connectivity index (χ2n) is 6.96. The molecule has 0 spiro atoms. The Labute approximate surface area is 168 Å². The lowest BCUT2D eigenvalue weighted by Crippen LogP contribution is -3.12. The summed E-state index contributed by atoms with van der Waals surface area (Å²) in [5.41, 5.74) is 0.949. The van der Waals surface area contributed by atoms with E-state index in [-0.39, 0.29) is 11.9 Å². The summed E-state index contributed by atoms with van der Waals surface area (Å²) in [6, 6.07) is 13.7. The maximum absolute atomic E-state index is 11.7. The van der Waals surface area contributed by atoms with Crippen LogP contribution in [0.2, 0.25) is 0 Å².